The monoisotopic (exact) mass is 477 g/mol. The summed E-state index contributed by atoms with van der Waals surface area (Å²) >= 11 is 6.04. The van der Waals surface area contributed by atoms with Gasteiger partial charge in [0.2, 0.25) is 15.9 Å². The summed E-state index contributed by atoms with van der Waals surface area (Å²) in [5.74, 6) is -0.402. The molecule has 0 radical (unpaired) electrons. The molecule has 2 aromatic carbocycles. The van der Waals surface area contributed by atoms with Crippen molar-refractivity contribution in [1.82, 2.24) is 4.31 Å². The molecule has 2 amide bonds. The van der Waals surface area contributed by atoms with E-state index in [2.05, 4.69) is 10.6 Å². The Balaban J connectivity index is 1.63. The molecule has 8 nitrogen and oxygen atoms in total. The molecule has 0 aliphatic carbocycles. The molecule has 0 bridgehead atoms. The Morgan fingerprint density at radius 2 is 1.97 bits per heavy atom. The second-order valence-electron chi connectivity index (χ2n) is 8.09. The topological polar surface area (TPSA) is 105 Å². The number of nitrogens with zero attached hydrogens (tertiary/aromatic N) is 1. The third-order valence-corrected chi connectivity index (χ3v) is 8.04. The molecule has 2 N–H and O–H groups in total. The first-order valence-corrected chi connectivity index (χ1v) is 12.1. The van der Waals surface area contributed by atoms with E-state index in [-0.39, 0.29) is 23.1 Å². The molecular weight excluding hydrogens is 454 g/mol. The van der Waals surface area contributed by atoms with Crippen molar-refractivity contribution in [2.75, 3.05) is 17.2 Å². The molecular formula is C22H24ClN3O5S. The fraction of sp³-hybridized carbons (Fsp3) is 0.364. The molecule has 2 aliphatic rings. The normalized spacial score (nSPS) is 20.9. The minimum absolute atomic E-state index is 0.0539. The van der Waals surface area contributed by atoms with Gasteiger partial charge in [-0.1, -0.05) is 17.7 Å². The van der Waals surface area contributed by atoms with Crippen LogP contribution in [0.15, 0.2) is 35.2 Å². The second kappa shape index (κ2) is 8.38. The zero-order valence-electron chi connectivity index (χ0n) is 17.9. The van der Waals surface area contributed by atoms with Crippen LogP contribution in [0.2, 0.25) is 5.02 Å². The Labute approximate surface area is 191 Å². The van der Waals surface area contributed by atoms with E-state index in [4.69, 9.17) is 16.3 Å². The summed E-state index contributed by atoms with van der Waals surface area (Å²) in [4.78, 5) is 24.9. The van der Waals surface area contributed by atoms with Crippen molar-refractivity contribution >= 4 is 44.8 Å². The van der Waals surface area contributed by atoms with E-state index in [1.54, 1.807) is 38.1 Å². The van der Waals surface area contributed by atoms with Gasteiger partial charge in [0, 0.05) is 23.3 Å². The molecule has 4 rings (SSSR count). The SMILES string of the molecule is Cc1ccc(Cl)cc1NC(=O)[C@H]1CCCN1S(=O)(=O)c1cc2c(cc1C)NC(=O)[C@@H](C)O2. The van der Waals surface area contributed by atoms with E-state index in [0.29, 0.717) is 34.8 Å². The number of hydrogen-bond acceptors (Lipinski definition) is 5. The average molecular weight is 478 g/mol. The highest BCUT2D eigenvalue weighted by Gasteiger charge is 2.41. The van der Waals surface area contributed by atoms with Crippen molar-refractivity contribution < 1.29 is 22.7 Å². The van der Waals surface area contributed by atoms with Gasteiger partial charge in [0.1, 0.15) is 11.8 Å². The highest BCUT2D eigenvalue weighted by molar-refractivity contribution is 7.89. The van der Waals surface area contributed by atoms with Crippen LogP contribution in [-0.4, -0.2) is 43.2 Å². The number of sulfonamides is 1. The summed E-state index contributed by atoms with van der Waals surface area (Å²) in [5.41, 5.74) is 2.26. The van der Waals surface area contributed by atoms with E-state index in [9.17, 15) is 18.0 Å². The number of hydrogen-bond donors (Lipinski definition) is 2. The standard InChI is InChI=1S/C22H24ClN3O5S/c1-12-6-7-15(23)10-16(12)24-22(28)18-5-4-8-26(18)32(29,30)20-11-19-17(9-13(20)2)25-21(27)14(3)31-19/h6-7,9-11,14,18H,4-5,8H2,1-3H3,(H,24,28)(H,25,27)/t14-,18-/m1/s1. The Morgan fingerprint density at radius 3 is 2.72 bits per heavy atom. The summed E-state index contributed by atoms with van der Waals surface area (Å²) in [6.45, 7) is 5.31. The minimum Gasteiger partial charge on any atom is -0.479 e. The molecule has 1 saturated heterocycles. The third kappa shape index (κ3) is 4.07. The van der Waals surface area contributed by atoms with Crippen LogP contribution in [0, 0.1) is 13.8 Å². The zero-order valence-corrected chi connectivity index (χ0v) is 19.5. The smallest absolute Gasteiger partial charge is 0.265 e. The van der Waals surface area contributed by atoms with Gasteiger partial charge in [-0.25, -0.2) is 8.42 Å². The van der Waals surface area contributed by atoms with E-state index < -0.39 is 28.1 Å². The van der Waals surface area contributed by atoms with E-state index in [1.807, 2.05) is 6.92 Å². The third-order valence-electron chi connectivity index (χ3n) is 5.76. The summed E-state index contributed by atoms with van der Waals surface area (Å²) in [6, 6.07) is 7.31. The Morgan fingerprint density at radius 1 is 1.22 bits per heavy atom. The van der Waals surface area contributed by atoms with Crippen LogP contribution < -0.4 is 15.4 Å². The van der Waals surface area contributed by atoms with Crippen LogP contribution in [0.4, 0.5) is 11.4 Å². The molecule has 0 saturated carbocycles. The maximum absolute atomic E-state index is 13.6. The lowest BCUT2D eigenvalue weighted by Gasteiger charge is -2.27. The van der Waals surface area contributed by atoms with Gasteiger partial charge in [-0.2, -0.15) is 4.31 Å². The predicted molar refractivity (Wildman–Crippen MR) is 122 cm³/mol. The summed E-state index contributed by atoms with van der Waals surface area (Å²) in [5, 5.41) is 6.02. The second-order valence-corrected chi connectivity index (χ2v) is 10.4. The van der Waals surface area contributed by atoms with E-state index in [1.165, 1.54) is 10.4 Å². The van der Waals surface area contributed by atoms with E-state index in [0.717, 1.165) is 5.56 Å². The Bertz CT molecular complexity index is 1210. The maximum atomic E-state index is 13.6. The van der Waals surface area contributed by atoms with Gasteiger partial charge in [0.25, 0.3) is 5.91 Å². The molecule has 2 heterocycles. The van der Waals surface area contributed by atoms with Crippen LogP contribution in [-0.2, 0) is 19.6 Å². The first-order valence-electron chi connectivity index (χ1n) is 10.3. The molecule has 2 atom stereocenters. The first kappa shape index (κ1) is 22.6. The molecule has 0 aromatic heterocycles. The van der Waals surface area contributed by atoms with Crippen LogP contribution in [0.3, 0.4) is 0 Å². The van der Waals surface area contributed by atoms with Gasteiger partial charge in [-0.3, -0.25) is 9.59 Å². The number of nitrogens with one attached hydrogen (secondary N) is 2. The highest BCUT2D eigenvalue weighted by atomic mass is 35.5. The van der Waals surface area contributed by atoms with Gasteiger partial charge >= 0.3 is 0 Å². The summed E-state index contributed by atoms with van der Waals surface area (Å²) < 4.78 is 33.9. The molecule has 2 aliphatic heterocycles. The zero-order chi connectivity index (χ0) is 23.2. The van der Waals surface area contributed by atoms with Crippen LogP contribution in [0.5, 0.6) is 5.75 Å². The molecule has 0 unspecified atom stereocenters. The fourth-order valence-electron chi connectivity index (χ4n) is 3.98. The quantitative estimate of drug-likeness (QED) is 0.701. The van der Waals surface area contributed by atoms with Gasteiger partial charge in [-0.05, 0) is 62.9 Å². The number of carbonyl (C=O) groups excluding carboxylic acids is 2. The number of ether oxygens (including phenoxy) is 1. The van der Waals surface area contributed by atoms with Gasteiger partial charge in [0.05, 0.1) is 10.6 Å². The largest absolute Gasteiger partial charge is 0.479 e. The van der Waals surface area contributed by atoms with Gasteiger partial charge in [-0.15, -0.1) is 0 Å². The number of aryl methyl sites for hydroxylation is 2. The van der Waals surface area contributed by atoms with Crippen molar-refractivity contribution in [3.8, 4) is 5.75 Å². The molecule has 170 valence electrons. The lowest BCUT2D eigenvalue weighted by atomic mass is 10.1. The number of fused-ring (bicyclic) bond motifs is 1. The van der Waals surface area contributed by atoms with Gasteiger partial charge < -0.3 is 15.4 Å². The molecule has 10 heteroatoms. The molecule has 0 spiro atoms. The number of carbonyl (C=O) groups is 2. The average Bonchev–Trinajstić information content (AvgIpc) is 3.22. The van der Waals surface area contributed by atoms with Crippen LogP contribution in [0.1, 0.15) is 30.9 Å². The van der Waals surface area contributed by atoms with Crippen LogP contribution >= 0.6 is 11.6 Å². The number of rotatable bonds is 4. The van der Waals surface area contributed by atoms with Crippen molar-refractivity contribution in [3.63, 3.8) is 0 Å². The van der Waals surface area contributed by atoms with Crippen molar-refractivity contribution in [1.29, 1.82) is 0 Å². The van der Waals surface area contributed by atoms with Crippen molar-refractivity contribution in [2.45, 2.75) is 50.7 Å². The summed E-state index contributed by atoms with van der Waals surface area (Å²) in [6.07, 6.45) is 0.254. The lowest BCUT2D eigenvalue weighted by Crippen LogP contribution is -2.43. The Kier molecular flexibility index (Phi) is 5.91. The predicted octanol–water partition coefficient (Wildman–Crippen LogP) is 3.47. The molecule has 1 fully saturated rings. The lowest BCUT2D eigenvalue weighted by molar-refractivity contribution is -0.122. The van der Waals surface area contributed by atoms with Crippen molar-refractivity contribution in [3.05, 3.63) is 46.5 Å². The van der Waals surface area contributed by atoms with Crippen molar-refractivity contribution in [2.24, 2.45) is 0 Å². The number of benzene rings is 2. The summed E-state index contributed by atoms with van der Waals surface area (Å²) in [7, 11) is -3.98. The first-order chi connectivity index (χ1) is 15.1. The minimum atomic E-state index is -3.98. The highest BCUT2D eigenvalue weighted by Crippen LogP contribution is 2.37. The van der Waals surface area contributed by atoms with Gasteiger partial charge in [0.15, 0.2) is 6.10 Å². The number of amides is 2. The fourth-order valence-corrected chi connectivity index (χ4v) is 6.03. The maximum Gasteiger partial charge on any atom is 0.265 e. The number of halogens is 1. The molecule has 2 aromatic rings. The number of anilines is 2. The Hall–Kier alpha value is -2.62. The molecule has 32 heavy (non-hydrogen) atoms. The van der Waals surface area contributed by atoms with E-state index >= 15 is 0 Å². The van der Waals surface area contributed by atoms with Crippen LogP contribution in [0.25, 0.3) is 0 Å².